The number of piperidine rings is 1. The van der Waals surface area contributed by atoms with Crippen molar-refractivity contribution in [3.05, 3.63) is 64.7 Å². The molecule has 0 atom stereocenters. The van der Waals surface area contributed by atoms with E-state index in [-0.39, 0.29) is 5.75 Å². The van der Waals surface area contributed by atoms with E-state index in [1.54, 1.807) is 24.3 Å². The van der Waals surface area contributed by atoms with Crippen LogP contribution < -0.4 is 9.62 Å². The molecular weight excluding hydrogens is 368 g/mol. The van der Waals surface area contributed by atoms with Crippen LogP contribution in [0.4, 0.5) is 5.69 Å². The van der Waals surface area contributed by atoms with Crippen LogP contribution in [0, 0.1) is 0 Å². The summed E-state index contributed by atoms with van der Waals surface area (Å²) in [6, 6.07) is 15.4. The van der Waals surface area contributed by atoms with Crippen LogP contribution in [0.15, 0.2) is 48.5 Å². The molecule has 1 saturated heterocycles. The van der Waals surface area contributed by atoms with E-state index >= 15 is 0 Å². The van der Waals surface area contributed by atoms with Gasteiger partial charge in [-0.15, -0.1) is 0 Å². The highest BCUT2D eigenvalue weighted by Crippen LogP contribution is 2.20. The van der Waals surface area contributed by atoms with Crippen LogP contribution in [0.3, 0.4) is 0 Å². The molecule has 2 aromatic carbocycles. The second kappa shape index (κ2) is 8.89. The van der Waals surface area contributed by atoms with Crippen LogP contribution >= 0.6 is 11.6 Å². The minimum atomic E-state index is -3.34. The smallest absolute Gasteiger partial charge is 0.215 e. The zero-order valence-electron chi connectivity index (χ0n) is 14.8. The fraction of sp³-hybridized carbons (Fsp3) is 0.400. The zero-order chi connectivity index (χ0) is 18.4. The van der Waals surface area contributed by atoms with Gasteiger partial charge in [0.2, 0.25) is 10.0 Å². The van der Waals surface area contributed by atoms with E-state index in [4.69, 9.17) is 11.6 Å². The Morgan fingerprint density at radius 2 is 1.50 bits per heavy atom. The molecule has 0 unspecified atom stereocenters. The van der Waals surface area contributed by atoms with Crippen molar-refractivity contribution < 1.29 is 8.42 Å². The Morgan fingerprint density at radius 1 is 0.885 bits per heavy atom. The van der Waals surface area contributed by atoms with E-state index < -0.39 is 10.0 Å². The van der Waals surface area contributed by atoms with Crippen LogP contribution in [0.25, 0.3) is 0 Å². The lowest BCUT2D eigenvalue weighted by Gasteiger charge is -2.28. The molecule has 1 aliphatic rings. The third kappa shape index (κ3) is 5.73. The SMILES string of the molecule is O=S(=O)(Cc1ccc(Cl)cc1)NCCc1ccc(N2CCCCC2)cc1. The van der Waals surface area contributed by atoms with E-state index in [0.717, 1.165) is 24.2 Å². The van der Waals surface area contributed by atoms with Gasteiger partial charge in [0.1, 0.15) is 0 Å². The Balaban J connectivity index is 1.48. The van der Waals surface area contributed by atoms with Crippen molar-refractivity contribution in [3.63, 3.8) is 0 Å². The van der Waals surface area contributed by atoms with Gasteiger partial charge in [0.05, 0.1) is 5.75 Å². The predicted octanol–water partition coefficient (Wildman–Crippen LogP) is 3.99. The molecule has 0 aliphatic carbocycles. The number of rotatable bonds is 7. The van der Waals surface area contributed by atoms with Gasteiger partial charge in [0.25, 0.3) is 0 Å². The first-order chi connectivity index (χ1) is 12.5. The maximum absolute atomic E-state index is 12.2. The van der Waals surface area contributed by atoms with Gasteiger partial charge in [-0.25, -0.2) is 13.1 Å². The fourth-order valence-electron chi connectivity index (χ4n) is 3.23. The normalized spacial score (nSPS) is 15.2. The van der Waals surface area contributed by atoms with Crippen LogP contribution in [0.5, 0.6) is 0 Å². The Hall–Kier alpha value is -1.56. The van der Waals surface area contributed by atoms with Gasteiger partial charge in [0.15, 0.2) is 0 Å². The Labute approximate surface area is 161 Å². The minimum absolute atomic E-state index is 0.0297. The lowest BCUT2D eigenvalue weighted by molar-refractivity contribution is 0.577. The third-order valence-corrected chi connectivity index (χ3v) is 6.27. The molecule has 0 amide bonds. The van der Waals surface area contributed by atoms with Crippen molar-refractivity contribution in [1.29, 1.82) is 0 Å². The van der Waals surface area contributed by atoms with Crippen molar-refractivity contribution in [2.24, 2.45) is 0 Å². The van der Waals surface area contributed by atoms with Crippen molar-refractivity contribution in [1.82, 2.24) is 4.72 Å². The van der Waals surface area contributed by atoms with Crippen LogP contribution in [0.1, 0.15) is 30.4 Å². The molecule has 3 rings (SSSR count). The topological polar surface area (TPSA) is 49.4 Å². The first kappa shape index (κ1) is 19.2. The van der Waals surface area contributed by atoms with Gasteiger partial charge in [-0.3, -0.25) is 0 Å². The van der Waals surface area contributed by atoms with E-state index in [1.165, 1.54) is 24.9 Å². The van der Waals surface area contributed by atoms with Gasteiger partial charge in [0, 0.05) is 30.3 Å². The lowest BCUT2D eigenvalue weighted by Crippen LogP contribution is -2.29. The summed E-state index contributed by atoms with van der Waals surface area (Å²) < 4.78 is 27.0. The lowest BCUT2D eigenvalue weighted by atomic mass is 10.1. The van der Waals surface area contributed by atoms with E-state index in [9.17, 15) is 8.42 Å². The first-order valence-electron chi connectivity index (χ1n) is 9.07. The monoisotopic (exact) mass is 392 g/mol. The van der Waals surface area contributed by atoms with Crippen molar-refractivity contribution in [3.8, 4) is 0 Å². The molecule has 1 fully saturated rings. The van der Waals surface area contributed by atoms with Crippen LogP contribution in [-0.2, 0) is 22.2 Å². The molecule has 2 aromatic rings. The molecule has 140 valence electrons. The molecule has 4 nitrogen and oxygen atoms in total. The average Bonchev–Trinajstić information content (AvgIpc) is 2.65. The van der Waals surface area contributed by atoms with E-state index in [2.05, 4.69) is 33.9 Å². The highest BCUT2D eigenvalue weighted by molar-refractivity contribution is 7.88. The molecule has 1 aliphatic heterocycles. The Morgan fingerprint density at radius 3 is 2.15 bits per heavy atom. The molecule has 0 spiro atoms. The maximum Gasteiger partial charge on any atom is 0.215 e. The second-order valence-electron chi connectivity index (χ2n) is 6.74. The van der Waals surface area contributed by atoms with Crippen molar-refractivity contribution in [2.75, 3.05) is 24.5 Å². The van der Waals surface area contributed by atoms with Gasteiger partial charge >= 0.3 is 0 Å². The zero-order valence-corrected chi connectivity index (χ0v) is 16.4. The summed E-state index contributed by atoms with van der Waals surface area (Å²) in [6.45, 7) is 2.66. The molecule has 6 heteroatoms. The molecule has 1 N–H and O–H groups in total. The predicted molar refractivity (Wildman–Crippen MR) is 108 cm³/mol. The van der Waals surface area contributed by atoms with Gasteiger partial charge in [-0.05, 0) is 61.1 Å². The number of halogens is 1. The molecule has 26 heavy (non-hydrogen) atoms. The average molecular weight is 393 g/mol. The standard InChI is InChI=1S/C20H25ClN2O2S/c21-19-8-4-18(5-9-19)16-26(24,25)22-13-12-17-6-10-20(11-7-17)23-14-2-1-3-15-23/h4-11,22H,1-3,12-16H2. The number of nitrogens with one attached hydrogen (secondary N) is 1. The summed E-state index contributed by atoms with van der Waals surface area (Å²) in [5.74, 6) is -0.0297. The highest BCUT2D eigenvalue weighted by atomic mass is 35.5. The third-order valence-electron chi connectivity index (χ3n) is 4.66. The quantitative estimate of drug-likeness (QED) is 0.774. The molecule has 0 saturated carbocycles. The highest BCUT2D eigenvalue weighted by Gasteiger charge is 2.12. The van der Waals surface area contributed by atoms with Gasteiger partial charge in [-0.1, -0.05) is 35.9 Å². The van der Waals surface area contributed by atoms with Crippen LogP contribution in [-0.4, -0.2) is 28.1 Å². The van der Waals surface area contributed by atoms with Crippen molar-refractivity contribution in [2.45, 2.75) is 31.4 Å². The number of hydrogen-bond donors (Lipinski definition) is 1. The van der Waals surface area contributed by atoms with E-state index in [0.29, 0.717) is 18.0 Å². The Bertz CT molecular complexity index is 799. The molecular formula is C20H25ClN2O2S. The molecule has 0 bridgehead atoms. The minimum Gasteiger partial charge on any atom is -0.372 e. The second-order valence-corrected chi connectivity index (χ2v) is 8.99. The summed E-state index contributed by atoms with van der Waals surface area (Å²) in [7, 11) is -3.34. The maximum atomic E-state index is 12.2. The fourth-order valence-corrected chi connectivity index (χ4v) is 4.50. The van der Waals surface area contributed by atoms with Crippen molar-refractivity contribution >= 4 is 27.3 Å². The Kier molecular flexibility index (Phi) is 6.57. The van der Waals surface area contributed by atoms with Crippen LogP contribution in [0.2, 0.25) is 5.02 Å². The summed E-state index contributed by atoms with van der Waals surface area (Å²) >= 11 is 5.83. The summed E-state index contributed by atoms with van der Waals surface area (Å²) in [5, 5.41) is 0.604. The van der Waals surface area contributed by atoms with E-state index in [1.807, 2.05) is 0 Å². The largest absolute Gasteiger partial charge is 0.372 e. The van der Waals surface area contributed by atoms with Gasteiger partial charge in [-0.2, -0.15) is 0 Å². The summed E-state index contributed by atoms with van der Waals surface area (Å²) in [5.41, 5.74) is 3.13. The molecule has 0 aromatic heterocycles. The molecule has 1 heterocycles. The number of benzene rings is 2. The number of anilines is 1. The first-order valence-corrected chi connectivity index (χ1v) is 11.1. The number of hydrogen-bond acceptors (Lipinski definition) is 3. The van der Waals surface area contributed by atoms with Gasteiger partial charge < -0.3 is 4.90 Å². The number of sulfonamides is 1. The summed E-state index contributed by atoms with van der Waals surface area (Å²) in [6.07, 6.45) is 4.53. The molecule has 0 radical (unpaired) electrons. The number of nitrogens with zero attached hydrogens (tertiary/aromatic N) is 1. The summed E-state index contributed by atoms with van der Waals surface area (Å²) in [4.78, 5) is 2.42.